The highest BCUT2D eigenvalue weighted by molar-refractivity contribution is 9.10. The van der Waals surface area contributed by atoms with Gasteiger partial charge in [-0.1, -0.05) is 69.2 Å². The number of benzene rings is 3. The molecule has 3 fully saturated rings. The molecular weight excluding hydrogens is 656 g/mol. The Labute approximate surface area is 263 Å². The van der Waals surface area contributed by atoms with E-state index >= 15 is 0 Å². The van der Waals surface area contributed by atoms with Gasteiger partial charge < -0.3 is 9.72 Å². The maximum Gasteiger partial charge on any atom is 0.305 e. The summed E-state index contributed by atoms with van der Waals surface area (Å²) < 4.78 is 7.35. The van der Waals surface area contributed by atoms with Crippen LogP contribution in [0.2, 0.25) is 5.02 Å². The molecule has 0 radical (unpaired) electrons. The van der Waals surface area contributed by atoms with Crippen LogP contribution in [0.4, 0.5) is 5.69 Å². The van der Waals surface area contributed by atoms with Crippen molar-refractivity contribution in [2.24, 2.45) is 29.6 Å². The predicted octanol–water partition coefficient (Wildman–Crippen LogP) is 7.11. The number of H-pyrrole nitrogens is 1. The Morgan fingerprint density at radius 1 is 0.952 bits per heavy atom. The van der Waals surface area contributed by atoms with Gasteiger partial charge in [0.25, 0.3) is 0 Å². The lowest BCUT2D eigenvalue weighted by molar-refractivity contribution is -0.123. The first-order valence-corrected chi connectivity index (χ1v) is 16.7. The van der Waals surface area contributed by atoms with Crippen LogP contribution in [0.5, 0.6) is 5.75 Å². The quantitative estimate of drug-likeness (QED) is 0.228. The molecule has 2 aliphatic carbocycles. The molecule has 2 aliphatic heterocycles. The van der Waals surface area contributed by atoms with Gasteiger partial charge in [-0.25, -0.2) is 0 Å². The second-order valence-corrected chi connectivity index (χ2v) is 15.0. The Bertz CT molecular complexity index is 1790. The fourth-order valence-electron chi connectivity index (χ4n) is 7.83. The van der Waals surface area contributed by atoms with Crippen LogP contribution in [0.25, 0.3) is 0 Å². The topological polar surface area (TPSA) is 79.5 Å². The second kappa shape index (κ2) is 10.1. The number of amides is 2. The molecule has 1 N–H and O–H groups in total. The number of thioether (sulfide) groups is 1. The van der Waals surface area contributed by atoms with E-state index in [1.807, 2.05) is 66.7 Å². The minimum absolute atomic E-state index is 0.0288. The fourth-order valence-corrected chi connectivity index (χ4v) is 11.2. The summed E-state index contributed by atoms with van der Waals surface area (Å²) in [6.07, 6.45) is 0.836. The van der Waals surface area contributed by atoms with Gasteiger partial charge in [-0.05, 0) is 72.2 Å². The summed E-state index contributed by atoms with van der Waals surface area (Å²) in [5, 5.41) is 1.65. The minimum Gasteiger partial charge on any atom is -0.489 e. The highest BCUT2D eigenvalue weighted by atomic mass is 79.9. The zero-order valence-corrected chi connectivity index (χ0v) is 26.0. The Morgan fingerprint density at radius 3 is 2.45 bits per heavy atom. The lowest BCUT2D eigenvalue weighted by Gasteiger charge is -2.43. The van der Waals surface area contributed by atoms with Crippen molar-refractivity contribution in [1.29, 1.82) is 0 Å². The molecule has 3 heterocycles. The number of rotatable bonds is 5. The van der Waals surface area contributed by atoms with Gasteiger partial charge in [0, 0.05) is 31.1 Å². The number of nitrogens with one attached hydrogen (secondary N) is 1. The lowest BCUT2D eigenvalue weighted by atomic mass is 9.68. The van der Waals surface area contributed by atoms with Crippen LogP contribution < -0.4 is 14.5 Å². The van der Waals surface area contributed by atoms with Crippen molar-refractivity contribution < 1.29 is 14.3 Å². The molecule has 2 bridgehead atoms. The Hall–Kier alpha value is -2.85. The third-order valence-electron chi connectivity index (χ3n) is 9.35. The van der Waals surface area contributed by atoms with Gasteiger partial charge in [-0.15, -0.1) is 11.8 Å². The SMILES string of the molecule is O=C1C2C3CC(C2C(=O)N1c1ccccc1)C1C3Sc2[nH]c(=O)sc2[C@@H]1c1cc(Br)ccc1OCc1ccc(Cl)cc1. The van der Waals surface area contributed by atoms with Crippen LogP contribution >= 0.6 is 50.6 Å². The van der Waals surface area contributed by atoms with Crippen molar-refractivity contribution in [3.05, 3.63) is 108 Å². The van der Waals surface area contributed by atoms with Crippen LogP contribution in [0, 0.1) is 29.6 Å². The monoisotopic (exact) mass is 678 g/mol. The Balaban J connectivity index is 1.20. The average Bonchev–Trinajstić information content (AvgIpc) is 3.72. The number of imide groups is 1. The molecule has 6 unspecified atom stereocenters. The maximum atomic E-state index is 14.0. The van der Waals surface area contributed by atoms with Gasteiger partial charge in [0.05, 0.1) is 22.5 Å². The van der Waals surface area contributed by atoms with E-state index in [4.69, 9.17) is 16.3 Å². The number of carbonyl (C=O) groups is 2. The maximum absolute atomic E-state index is 14.0. The number of nitrogens with zero attached hydrogens (tertiary/aromatic N) is 1. The molecular formula is C32H24BrClN2O4S2. The normalized spacial score (nSPS) is 29.0. The van der Waals surface area contributed by atoms with Gasteiger partial charge in [0.2, 0.25) is 11.8 Å². The summed E-state index contributed by atoms with van der Waals surface area (Å²) >= 11 is 12.7. The fraction of sp³-hybridized carbons (Fsp3) is 0.281. The van der Waals surface area contributed by atoms with Crippen molar-refractivity contribution in [3.63, 3.8) is 0 Å². The molecule has 8 rings (SSSR count). The summed E-state index contributed by atoms with van der Waals surface area (Å²) in [5.74, 6) is -0.0780. The van der Waals surface area contributed by atoms with Crippen molar-refractivity contribution in [1.82, 2.24) is 4.98 Å². The van der Waals surface area contributed by atoms with E-state index in [1.54, 1.807) is 11.8 Å². The van der Waals surface area contributed by atoms with Crippen molar-refractivity contribution >= 4 is 68.1 Å². The van der Waals surface area contributed by atoms with Crippen LogP contribution in [-0.4, -0.2) is 22.0 Å². The van der Waals surface area contributed by atoms with Crippen LogP contribution in [0.3, 0.4) is 0 Å². The summed E-state index contributed by atoms with van der Waals surface area (Å²) in [4.78, 5) is 45.9. The van der Waals surface area contributed by atoms with E-state index in [-0.39, 0.29) is 57.4 Å². The molecule has 1 aromatic heterocycles. The summed E-state index contributed by atoms with van der Waals surface area (Å²) in [6, 6.07) is 22.9. The zero-order chi connectivity index (χ0) is 28.7. The van der Waals surface area contributed by atoms with Gasteiger partial charge in [0.15, 0.2) is 0 Å². The number of anilines is 1. The van der Waals surface area contributed by atoms with Crippen molar-refractivity contribution in [2.45, 2.75) is 29.2 Å². The van der Waals surface area contributed by atoms with E-state index in [2.05, 4.69) is 27.0 Å². The predicted molar refractivity (Wildman–Crippen MR) is 167 cm³/mol. The minimum atomic E-state index is -0.352. The third kappa shape index (κ3) is 4.08. The number of para-hydroxylation sites is 1. The second-order valence-electron chi connectivity index (χ2n) is 11.4. The number of ether oxygens (including phenoxy) is 1. The number of carbonyl (C=O) groups excluding carboxylic acids is 2. The Kier molecular flexibility index (Phi) is 6.44. The molecule has 0 spiro atoms. The number of hydrogen-bond acceptors (Lipinski definition) is 6. The highest BCUT2D eigenvalue weighted by Gasteiger charge is 2.69. The molecule has 3 aromatic carbocycles. The van der Waals surface area contributed by atoms with E-state index in [0.29, 0.717) is 17.3 Å². The first kappa shape index (κ1) is 26.8. The molecule has 10 heteroatoms. The lowest BCUT2D eigenvalue weighted by Crippen LogP contribution is -2.42. The number of halogens is 2. The molecule has 2 saturated carbocycles. The van der Waals surface area contributed by atoms with E-state index in [0.717, 1.165) is 37.7 Å². The molecule has 7 atom stereocenters. The summed E-state index contributed by atoms with van der Waals surface area (Å²) in [6.45, 7) is 0.368. The van der Waals surface area contributed by atoms with Crippen LogP contribution in [0.15, 0.2) is 87.1 Å². The number of fused-ring (bicyclic) bond motifs is 9. The first-order valence-electron chi connectivity index (χ1n) is 13.9. The number of aromatic amines is 1. The van der Waals surface area contributed by atoms with E-state index in [9.17, 15) is 14.4 Å². The third-order valence-corrected chi connectivity index (χ3v) is 12.7. The first-order chi connectivity index (χ1) is 20.4. The van der Waals surface area contributed by atoms with Gasteiger partial charge in [-0.3, -0.25) is 19.3 Å². The average molecular weight is 680 g/mol. The summed E-state index contributed by atoms with van der Waals surface area (Å²) in [5.41, 5.74) is 2.63. The van der Waals surface area contributed by atoms with Crippen LogP contribution in [-0.2, 0) is 16.2 Å². The largest absolute Gasteiger partial charge is 0.489 e. The van der Waals surface area contributed by atoms with Gasteiger partial charge in [-0.2, -0.15) is 0 Å². The molecule has 4 aliphatic rings. The van der Waals surface area contributed by atoms with Crippen LogP contribution in [0.1, 0.15) is 28.3 Å². The number of thiazole rings is 1. The summed E-state index contributed by atoms with van der Waals surface area (Å²) in [7, 11) is 0. The molecule has 2 amide bonds. The van der Waals surface area contributed by atoms with E-state index < -0.39 is 0 Å². The molecule has 42 heavy (non-hydrogen) atoms. The van der Waals surface area contributed by atoms with E-state index in [1.165, 1.54) is 16.2 Å². The smallest absolute Gasteiger partial charge is 0.305 e. The highest BCUT2D eigenvalue weighted by Crippen LogP contribution is 2.69. The van der Waals surface area contributed by atoms with Crippen molar-refractivity contribution in [2.75, 3.05) is 4.90 Å². The standard InChI is InChI=1S/C32H24BrClN2O4S2/c33-16-8-11-22(40-14-15-6-9-17(34)10-7-15)19(12-16)23-24-20-13-21(27(24)41-29-28(23)42-32(39)35-29)26-25(20)30(37)36(31(26)38)18-4-2-1-3-5-18/h1-12,20-21,23-27H,13-14H2,(H,35,39)/t20?,21?,23-,24?,25?,26?,27?/m1/s1. The number of aromatic nitrogens is 1. The van der Waals surface area contributed by atoms with Gasteiger partial charge >= 0.3 is 4.87 Å². The molecule has 1 saturated heterocycles. The number of hydrogen-bond donors (Lipinski definition) is 1. The Morgan fingerprint density at radius 2 is 1.69 bits per heavy atom. The van der Waals surface area contributed by atoms with Crippen molar-refractivity contribution in [3.8, 4) is 5.75 Å². The molecule has 6 nitrogen and oxygen atoms in total. The molecule has 212 valence electrons. The van der Waals surface area contributed by atoms with Gasteiger partial charge in [0.1, 0.15) is 12.4 Å². The zero-order valence-electron chi connectivity index (χ0n) is 22.0. The molecule has 4 aromatic rings.